The fraction of sp³-hybridized carbons (Fsp3) is 0.321. The lowest BCUT2D eigenvalue weighted by molar-refractivity contribution is 0.286. The van der Waals surface area contributed by atoms with Crippen molar-refractivity contribution >= 4 is 10.8 Å². The van der Waals surface area contributed by atoms with Gasteiger partial charge in [-0.05, 0) is 66.1 Å². The molecule has 0 N–H and O–H groups in total. The Hall–Kier alpha value is -3.47. The molecule has 0 saturated heterocycles. The third kappa shape index (κ3) is 4.04. The molecule has 168 valence electrons. The van der Waals surface area contributed by atoms with E-state index in [4.69, 9.17) is 4.74 Å². The Bertz CT molecular complexity index is 1410. The van der Waals surface area contributed by atoms with Gasteiger partial charge < -0.3 is 9.30 Å². The zero-order valence-corrected chi connectivity index (χ0v) is 19.6. The molecular formula is C28H29N3O2. The van der Waals surface area contributed by atoms with Gasteiger partial charge in [-0.25, -0.2) is 4.98 Å². The lowest BCUT2D eigenvalue weighted by Crippen LogP contribution is -2.18. The van der Waals surface area contributed by atoms with Crippen molar-refractivity contribution in [3.05, 3.63) is 87.7 Å². The fourth-order valence-electron chi connectivity index (χ4n) is 4.77. The second kappa shape index (κ2) is 8.47. The summed E-state index contributed by atoms with van der Waals surface area (Å²) in [6.45, 7) is 6.62. The van der Waals surface area contributed by atoms with E-state index in [1.165, 1.54) is 21.9 Å². The largest absolute Gasteiger partial charge is 0.477 e. The van der Waals surface area contributed by atoms with E-state index in [9.17, 15) is 4.79 Å². The van der Waals surface area contributed by atoms with E-state index in [1.54, 1.807) is 23.9 Å². The Morgan fingerprint density at radius 1 is 1.12 bits per heavy atom. The van der Waals surface area contributed by atoms with Crippen molar-refractivity contribution in [2.45, 2.75) is 39.5 Å². The first-order chi connectivity index (χ1) is 16.0. The first-order valence-electron chi connectivity index (χ1n) is 11.6. The highest BCUT2D eigenvalue weighted by Gasteiger charge is 2.40. The lowest BCUT2D eigenvalue weighted by atomic mass is 9.94. The van der Waals surface area contributed by atoms with E-state index >= 15 is 0 Å². The quantitative estimate of drug-likeness (QED) is 0.406. The Balaban J connectivity index is 1.38. The second-order valence-electron chi connectivity index (χ2n) is 9.04. The normalized spacial score (nSPS) is 17.3. The first kappa shape index (κ1) is 21.4. The molecule has 5 nitrogen and oxygen atoms in total. The average Bonchev–Trinajstić information content (AvgIpc) is 3.59. The van der Waals surface area contributed by atoms with Crippen LogP contribution >= 0.6 is 0 Å². The van der Waals surface area contributed by atoms with E-state index in [0.717, 1.165) is 29.7 Å². The topological polar surface area (TPSA) is 57.0 Å². The van der Waals surface area contributed by atoms with Gasteiger partial charge in [-0.1, -0.05) is 43.3 Å². The molecule has 2 aromatic heterocycles. The van der Waals surface area contributed by atoms with Crippen molar-refractivity contribution in [3.8, 4) is 17.0 Å². The third-order valence-corrected chi connectivity index (χ3v) is 6.87. The van der Waals surface area contributed by atoms with Crippen LogP contribution in [-0.4, -0.2) is 21.1 Å². The summed E-state index contributed by atoms with van der Waals surface area (Å²) in [7, 11) is 1.77. The molecule has 33 heavy (non-hydrogen) atoms. The predicted octanol–water partition coefficient (Wildman–Crippen LogP) is 5.36. The number of aryl methyl sites for hydroxylation is 3. The number of aromatic nitrogens is 3. The molecule has 1 saturated carbocycles. The summed E-state index contributed by atoms with van der Waals surface area (Å²) in [5.41, 5.74) is 5.29. The van der Waals surface area contributed by atoms with Gasteiger partial charge in [-0.3, -0.25) is 4.79 Å². The van der Waals surface area contributed by atoms with Crippen molar-refractivity contribution in [1.29, 1.82) is 0 Å². The molecule has 0 bridgehead atoms. The summed E-state index contributed by atoms with van der Waals surface area (Å²) in [5, 5.41) is 2.66. The van der Waals surface area contributed by atoms with E-state index in [1.807, 2.05) is 19.9 Å². The number of benzene rings is 2. The molecule has 0 amide bonds. The van der Waals surface area contributed by atoms with Crippen LogP contribution in [0.2, 0.25) is 0 Å². The standard InChI is InChI=1S/C28H29N3O2/c1-5-22-23-9-7-6-8-19(23)10-11-24(22)25-13-21(25)16-33-28-26(15-29-18(3)30-28)20-12-17(2)31(4)27(32)14-20/h6-12,14-15,21,25H,5,13,16H2,1-4H3. The molecule has 0 aliphatic heterocycles. The summed E-state index contributed by atoms with van der Waals surface area (Å²) in [4.78, 5) is 21.2. The van der Waals surface area contributed by atoms with Gasteiger partial charge in [0.1, 0.15) is 5.82 Å². The van der Waals surface area contributed by atoms with Crippen molar-refractivity contribution in [1.82, 2.24) is 14.5 Å². The monoisotopic (exact) mass is 439 g/mol. The summed E-state index contributed by atoms with van der Waals surface area (Å²) >= 11 is 0. The SMILES string of the molecule is CCc1c(C2CC2COc2nc(C)ncc2-c2cc(C)n(C)c(=O)c2)ccc2ccccc12. The summed E-state index contributed by atoms with van der Waals surface area (Å²) in [5.74, 6) is 2.19. The van der Waals surface area contributed by atoms with Crippen LogP contribution in [0.1, 0.15) is 41.9 Å². The Kier molecular flexibility index (Phi) is 5.49. The molecular weight excluding hydrogens is 410 g/mol. The minimum Gasteiger partial charge on any atom is -0.477 e. The van der Waals surface area contributed by atoms with Crippen LogP contribution in [0.25, 0.3) is 21.9 Å². The number of fused-ring (bicyclic) bond motifs is 1. The minimum atomic E-state index is -0.0535. The van der Waals surface area contributed by atoms with Gasteiger partial charge in [0, 0.05) is 30.9 Å². The van der Waals surface area contributed by atoms with E-state index in [-0.39, 0.29) is 5.56 Å². The van der Waals surface area contributed by atoms with Crippen LogP contribution < -0.4 is 10.3 Å². The van der Waals surface area contributed by atoms with Crippen molar-refractivity contribution in [2.75, 3.05) is 6.61 Å². The Morgan fingerprint density at radius 3 is 2.73 bits per heavy atom. The van der Waals surface area contributed by atoms with Crippen LogP contribution in [0, 0.1) is 19.8 Å². The molecule has 2 unspecified atom stereocenters. The smallest absolute Gasteiger partial charge is 0.251 e. The molecule has 0 spiro atoms. The second-order valence-corrected chi connectivity index (χ2v) is 9.04. The number of rotatable bonds is 6. The molecule has 0 radical (unpaired) electrons. The van der Waals surface area contributed by atoms with Crippen LogP contribution in [0.4, 0.5) is 0 Å². The first-order valence-corrected chi connectivity index (χ1v) is 11.6. The molecule has 1 aliphatic carbocycles. The lowest BCUT2D eigenvalue weighted by Gasteiger charge is -2.14. The number of ether oxygens (including phenoxy) is 1. The average molecular weight is 440 g/mol. The zero-order chi connectivity index (χ0) is 23.1. The summed E-state index contributed by atoms with van der Waals surface area (Å²) < 4.78 is 7.89. The number of nitrogens with zero attached hydrogens (tertiary/aromatic N) is 3. The van der Waals surface area contributed by atoms with Crippen molar-refractivity contribution < 1.29 is 4.74 Å². The highest BCUT2D eigenvalue weighted by atomic mass is 16.5. The maximum absolute atomic E-state index is 12.3. The van der Waals surface area contributed by atoms with Gasteiger partial charge in [0.05, 0.1) is 12.2 Å². The molecule has 1 fully saturated rings. The Morgan fingerprint density at radius 2 is 1.94 bits per heavy atom. The highest BCUT2D eigenvalue weighted by Crippen LogP contribution is 2.50. The summed E-state index contributed by atoms with van der Waals surface area (Å²) in [6, 6.07) is 16.8. The third-order valence-electron chi connectivity index (χ3n) is 6.87. The maximum atomic E-state index is 12.3. The van der Waals surface area contributed by atoms with Crippen LogP contribution in [-0.2, 0) is 13.5 Å². The molecule has 2 heterocycles. The fourth-order valence-corrected chi connectivity index (χ4v) is 4.77. The highest BCUT2D eigenvalue weighted by molar-refractivity contribution is 5.87. The molecule has 1 aliphatic rings. The van der Waals surface area contributed by atoms with Crippen LogP contribution in [0.5, 0.6) is 5.88 Å². The van der Waals surface area contributed by atoms with Crippen LogP contribution in [0.3, 0.4) is 0 Å². The summed E-state index contributed by atoms with van der Waals surface area (Å²) in [6.07, 6.45) is 3.91. The molecule has 2 atom stereocenters. The van der Waals surface area contributed by atoms with Crippen molar-refractivity contribution in [2.24, 2.45) is 13.0 Å². The van der Waals surface area contributed by atoms with Gasteiger partial charge >= 0.3 is 0 Å². The Labute approximate surface area is 194 Å². The number of hydrogen-bond donors (Lipinski definition) is 0. The van der Waals surface area contributed by atoms with Gasteiger partial charge in [0.25, 0.3) is 5.56 Å². The predicted molar refractivity (Wildman–Crippen MR) is 132 cm³/mol. The van der Waals surface area contributed by atoms with Crippen molar-refractivity contribution in [3.63, 3.8) is 0 Å². The zero-order valence-electron chi connectivity index (χ0n) is 19.6. The maximum Gasteiger partial charge on any atom is 0.251 e. The van der Waals surface area contributed by atoms with Gasteiger partial charge in [-0.15, -0.1) is 0 Å². The molecule has 2 aromatic carbocycles. The number of pyridine rings is 1. The van der Waals surface area contributed by atoms with Crippen LogP contribution in [0.15, 0.2) is 59.5 Å². The van der Waals surface area contributed by atoms with E-state index < -0.39 is 0 Å². The van der Waals surface area contributed by atoms with E-state index in [2.05, 4.69) is 53.3 Å². The molecule has 5 rings (SSSR count). The minimum absolute atomic E-state index is 0.0535. The molecule has 4 aromatic rings. The van der Waals surface area contributed by atoms with Gasteiger partial charge in [-0.2, -0.15) is 4.98 Å². The van der Waals surface area contributed by atoms with E-state index in [0.29, 0.717) is 30.1 Å². The molecule has 5 heteroatoms. The van der Waals surface area contributed by atoms with Gasteiger partial charge in [0.2, 0.25) is 5.88 Å². The number of hydrogen-bond acceptors (Lipinski definition) is 4. The van der Waals surface area contributed by atoms with Gasteiger partial charge in [0.15, 0.2) is 0 Å².